The highest BCUT2D eigenvalue weighted by molar-refractivity contribution is 7.85. The summed E-state index contributed by atoms with van der Waals surface area (Å²) in [6.45, 7) is 0.434. The SMILES string of the molecule is NCCS(=O)c1ccccn1. The molecule has 1 atom stereocenters. The molecule has 0 aliphatic heterocycles. The van der Waals surface area contributed by atoms with Gasteiger partial charge < -0.3 is 5.73 Å². The van der Waals surface area contributed by atoms with Crippen LogP contribution in [0.4, 0.5) is 0 Å². The number of nitrogens with two attached hydrogens (primary N) is 1. The third-order valence-corrected chi connectivity index (χ3v) is 2.49. The van der Waals surface area contributed by atoms with Crippen LogP contribution in [-0.4, -0.2) is 21.5 Å². The summed E-state index contributed by atoms with van der Waals surface area (Å²) in [5.41, 5.74) is 5.25. The van der Waals surface area contributed by atoms with Gasteiger partial charge in [0.15, 0.2) is 0 Å². The average molecular weight is 170 g/mol. The molecule has 4 heteroatoms. The summed E-state index contributed by atoms with van der Waals surface area (Å²) in [5.74, 6) is 0.483. The third kappa shape index (κ3) is 2.40. The molecule has 0 aromatic carbocycles. The van der Waals surface area contributed by atoms with Crippen molar-refractivity contribution in [2.45, 2.75) is 5.03 Å². The Hall–Kier alpha value is -0.740. The Bertz CT molecular complexity index is 237. The van der Waals surface area contributed by atoms with Gasteiger partial charge in [-0.2, -0.15) is 0 Å². The molecule has 1 heterocycles. The number of rotatable bonds is 3. The maximum atomic E-state index is 11.2. The van der Waals surface area contributed by atoms with Gasteiger partial charge in [-0.05, 0) is 12.1 Å². The molecule has 0 spiro atoms. The van der Waals surface area contributed by atoms with E-state index >= 15 is 0 Å². The van der Waals surface area contributed by atoms with E-state index in [1.165, 1.54) is 0 Å². The first-order valence-electron chi connectivity index (χ1n) is 3.34. The highest BCUT2D eigenvalue weighted by atomic mass is 32.2. The van der Waals surface area contributed by atoms with Gasteiger partial charge in [-0.3, -0.25) is 4.21 Å². The van der Waals surface area contributed by atoms with Crippen LogP contribution in [0.25, 0.3) is 0 Å². The predicted octanol–water partition coefficient (Wildman–Crippen LogP) is 0.148. The van der Waals surface area contributed by atoms with Crippen LogP contribution in [0.2, 0.25) is 0 Å². The van der Waals surface area contributed by atoms with Crippen molar-refractivity contribution in [2.24, 2.45) is 5.73 Å². The van der Waals surface area contributed by atoms with Gasteiger partial charge in [-0.25, -0.2) is 4.98 Å². The van der Waals surface area contributed by atoms with Crippen LogP contribution in [-0.2, 0) is 10.8 Å². The summed E-state index contributed by atoms with van der Waals surface area (Å²) >= 11 is 0. The Kier molecular flexibility index (Phi) is 3.19. The van der Waals surface area contributed by atoms with E-state index in [-0.39, 0.29) is 0 Å². The number of nitrogens with zero attached hydrogens (tertiary/aromatic N) is 1. The Balaban J connectivity index is 2.69. The van der Waals surface area contributed by atoms with Crippen LogP contribution in [0, 0.1) is 0 Å². The van der Waals surface area contributed by atoms with Gasteiger partial charge in [0.25, 0.3) is 0 Å². The number of hydrogen-bond acceptors (Lipinski definition) is 3. The fourth-order valence-electron chi connectivity index (χ4n) is 0.693. The van der Waals surface area contributed by atoms with E-state index in [1.807, 2.05) is 6.07 Å². The molecule has 0 aliphatic rings. The zero-order valence-electron chi connectivity index (χ0n) is 6.06. The summed E-state index contributed by atoms with van der Waals surface area (Å²) in [4.78, 5) is 3.94. The monoisotopic (exact) mass is 170 g/mol. The minimum atomic E-state index is -1.02. The predicted molar refractivity (Wildman–Crippen MR) is 44.6 cm³/mol. The molecule has 0 saturated carbocycles. The Morgan fingerprint density at radius 2 is 2.36 bits per heavy atom. The molecule has 60 valence electrons. The van der Waals surface area contributed by atoms with Crippen LogP contribution in [0.15, 0.2) is 29.4 Å². The second-order valence-corrected chi connectivity index (χ2v) is 3.52. The van der Waals surface area contributed by atoms with Crippen molar-refractivity contribution in [1.82, 2.24) is 4.98 Å². The van der Waals surface area contributed by atoms with E-state index in [0.717, 1.165) is 0 Å². The first-order chi connectivity index (χ1) is 5.34. The molecule has 1 unspecified atom stereocenters. The standard InChI is InChI=1S/C7H10N2OS/c8-4-6-11(10)7-3-1-2-5-9-7/h1-3,5H,4,6,8H2. The highest BCUT2D eigenvalue weighted by Gasteiger charge is 2.00. The van der Waals surface area contributed by atoms with Crippen molar-refractivity contribution < 1.29 is 4.21 Å². The summed E-state index contributed by atoms with van der Waals surface area (Å²) in [6.07, 6.45) is 1.63. The molecular formula is C7H10N2OS. The minimum absolute atomic E-state index is 0.434. The van der Waals surface area contributed by atoms with E-state index < -0.39 is 10.8 Å². The molecule has 3 nitrogen and oxygen atoms in total. The van der Waals surface area contributed by atoms with E-state index in [4.69, 9.17) is 5.73 Å². The van der Waals surface area contributed by atoms with Crippen molar-refractivity contribution in [1.29, 1.82) is 0 Å². The maximum absolute atomic E-state index is 11.2. The van der Waals surface area contributed by atoms with Crippen molar-refractivity contribution in [3.05, 3.63) is 24.4 Å². The largest absolute Gasteiger partial charge is 0.330 e. The number of aromatic nitrogens is 1. The summed E-state index contributed by atoms with van der Waals surface area (Å²) in [7, 11) is -1.02. The van der Waals surface area contributed by atoms with Crippen LogP contribution < -0.4 is 5.73 Å². The Morgan fingerprint density at radius 1 is 1.55 bits per heavy atom. The molecule has 0 radical (unpaired) electrons. The molecule has 1 aromatic heterocycles. The lowest BCUT2D eigenvalue weighted by atomic mass is 10.5. The molecule has 0 saturated heterocycles. The normalized spacial score (nSPS) is 12.8. The van der Waals surface area contributed by atoms with Gasteiger partial charge >= 0.3 is 0 Å². The van der Waals surface area contributed by atoms with Gasteiger partial charge in [0.05, 0.1) is 10.8 Å². The summed E-state index contributed by atoms with van der Waals surface area (Å²) in [6, 6.07) is 5.35. The fourth-order valence-corrected chi connectivity index (χ4v) is 1.53. The highest BCUT2D eigenvalue weighted by Crippen LogP contribution is 1.99. The zero-order chi connectivity index (χ0) is 8.10. The Labute approximate surface area is 68.1 Å². The number of pyridine rings is 1. The molecule has 11 heavy (non-hydrogen) atoms. The fraction of sp³-hybridized carbons (Fsp3) is 0.286. The van der Waals surface area contributed by atoms with Gasteiger partial charge in [0.2, 0.25) is 0 Å². The lowest BCUT2D eigenvalue weighted by Crippen LogP contribution is -2.10. The van der Waals surface area contributed by atoms with E-state index in [9.17, 15) is 4.21 Å². The zero-order valence-corrected chi connectivity index (χ0v) is 6.88. The molecule has 0 amide bonds. The average Bonchev–Trinajstić information content (AvgIpc) is 2.07. The second kappa shape index (κ2) is 4.20. The number of hydrogen-bond donors (Lipinski definition) is 1. The smallest absolute Gasteiger partial charge is 0.127 e. The molecule has 1 aromatic rings. The van der Waals surface area contributed by atoms with Crippen molar-refractivity contribution in [2.75, 3.05) is 12.3 Å². The van der Waals surface area contributed by atoms with E-state index in [2.05, 4.69) is 4.98 Å². The minimum Gasteiger partial charge on any atom is -0.330 e. The molecule has 0 fully saturated rings. The maximum Gasteiger partial charge on any atom is 0.127 e. The summed E-state index contributed by atoms with van der Waals surface area (Å²) in [5, 5.41) is 0.609. The van der Waals surface area contributed by atoms with Crippen molar-refractivity contribution in [3.8, 4) is 0 Å². The lowest BCUT2D eigenvalue weighted by Gasteiger charge is -1.96. The third-order valence-electron chi connectivity index (χ3n) is 1.17. The quantitative estimate of drug-likeness (QED) is 0.702. The first kappa shape index (κ1) is 8.36. The van der Waals surface area contributed by atoms with Crippen molar-refractivity contribution >= 4 is 10.8 Å². The molecular weight excluding hydrogens is 160 g/mol. The van der Waals surface area contributed by atoms with Crippen molar-refractivity contribution in [3.63, 3.8) is 0 Å². The Morgan fingerprint density at radius 3 is 2.91 bits per heavy atom. The molecule has 0 aliphatic carbocycles. The molecule has 0 bridgehead atoms. The van der Waals surface area contributed by atoms with Gasteiger partial charge in [-0.15, -0.1) is 0 Å². The topological polar surface area (TPSA) is 56.0 Å². The van der Waals surface area contributed by atoms with E-state index in [1.54, 1.807) is 18.3 Å². The van der Waals surface area contributed by atoms with Crippen LogP contribution in [0.5, 0.6) is 0 Å². The van der Waals surface area contributed by atoms with E-state index in [0.29, 0.717) is 17.3 Å². The van der Waals surface area contributed by atoms with Gasteiger partial charge in [0.1, 0.15) is 5.03 Å². The lowest BCUT2D eigenvalue weighted by molar-refractivity contribution is 0.680. The van der Waals surface area contributed by atoms with Crippen LogP contribution >= 0.6 is 0 Å². The van der Waals surface area contributed by atoms with Crippen LogP contribution in [0.1, 0.15) is 0 Å². The van der Waals surface area contributed by atoms with Gasteiger partial charge in [0, 0.05) is 18.5 Å². The molecule has 1 rings (SSSR count). The summed E-state index contributed by atoms with van der Waals surface area (Å²) < 4.78 is 11.2. The van der Waals surface area contributed by atoms with Crippen LogP contribution in [0.3, 0.4) is 0 Å². The molecule has 2 N–H and O–H groups in total. The first-order valence-corrected chi connectivity index (χ1v) is 4.66. The van der Waals surface area contributed by atoms with Gasteiger partial charge in [-0.1, -0.05) is 6.07 Å². The second-order valence-electron chi connectivity index (χ2n) is 2.01.